The van der Waals surface area contributed by atoms with Gasteiger partial charge in [0.1, 0.15) is 0 Å². The third kappa shape index (κ3) is 4.05. The Kier molecular flexibility index (Phi) is 4.45. The number of rotatable bonds is 4. The van der Waals surface area contributed by atoms with E-state index in [1.807, 2.05) is 12.3 Å². The molecule has 0 amide bonds. The molecule has 2 nitrogen and oxygen atoms in total. The van der Waals surface area contributed by atoms with Crippen molar-refractivity contribution in [1.29, 1.82) is 0 Å². The zero-order valence-electron chi connectivity index (χ0n) is 10.8. The molecule has 0 aliphatic carbocycles. The minimum absolute atomic E-state index is 0.183. The lowest BCUT2D eigenvalue weighted by Gasteiger charge is -2.11. The first-order valence-corrected chi connectivity index (χ1v) is 6.98. The summed E-state index contributed by atoms with van der Waals surface area (Å²) in [5, 5.41) is 12.6. The van der Waals surface area contributed by atoms with Crippen LogP contribution >= 0.6 is 11.3 Å². The number of halogens is 3. The normalized spacial score (nSPS) is 13.4. The highest BCUT2D eigenvalue weighted by atomic mass is 32.1. The molecule has 0 saturated carbocycles. The molecule has 1 N–H and O–H groups in total. The first kappa shape index (κ1) is 15.0. The van der Waals surface area contributed by atoms with Gasteiger partial charge in [0.05, 0.1) is 16.7 Å². The van der Waals surface area contributed by atoms with E-state index in [9.17, 15) is 18.3 Å². The van der Waals surface area contributed by atoms with Crippen LogP contribution in [0.1, 0.15) is 21.8 Å². The SMILES string of the molecule is Cc1csc(CC(O)Cc2cccc(C(F)(F)F)c2)n1. The zero-order valence-corrected chi connectivity index (χ0v) is 11.6. The topological polar surface area (TPSA) is 33.1 Å². The molecule has 0 bridgehead atoms. The van der Waals surface area contributed by atoms with E-state index in [-0.39, 0.29) is 6.42 Å². The largest absolute Gasteiger partial charge is 0.416 e. The van der Waals surface area contributed by atoms with E-state index in [4.69, 9.17) is 0 Å². The van der Waals surface area contributed by atoms with Gasteiger partial charge in [-0.3, -0.25) is 0 Å². The first-order valence-electron chi connectivity index (χ1n) is 6.10. The average Bonchev–Trinajstić information content (AvgIpc) is 2.73. The highest BCUT2D eigenvalue weighted by molar-refractivity contribution is 7.09. The monoisotopic (exact) mass is 301 g/mol. The number of benzene rings is 1. The maximum atomic E-state index is 12.6. The van der Waals surface area contributed by atoms with Crippen molar-refractivity contribution in [3.05, 3.63) is 51.5 Å². The minimum atomic E-state index is -4.35. The van der Waals surface area contributed by atoms with Crippen LogP contribution in [-0.4, -0.2) is 16.2 Å². The lowest BCUT2D eigenvalue weighted by Crippen LogP contribution is -2.14. The molecule has 0 aliphatic heterocycles. The molecular formula is C14H14F3NOS. The fourth-order valence-corrected chi connectivity index (χ4v) is 2.76. The smallest absolute Gasteiger partial charge is 0.392 e. The zero-order chi connectivity index (χ0) is 14.8. The van der Waals surface area contributed by atoms with Crippen LogP contribution < -0.4 is 0 Å². The molecule has 0 radical (unpaired) electrons. The van der Waals surface area contributed by atoms with Gasteiger partial charge in [-0.1, -0.05) is 18.2 Å². The van der Waals surface area contributed by atoms with Crippen LogP contribution in [0.25, 0.3) is 0 Å². The second kappa shape index (κ2) is 5.93. The third-order valence-corrected chi connectivity index (χ3v) is 3.79. The molecule has 1 unspecified atom stereocenters. The Morgan fingerprint density at radius 2 is 2.05 bits per heavy atom. The van der Waals surface area contributed by atoms with Gasteiger partial charge in [-0.2, -0.15) is 13.2 Å². The van der Waals surface area contributed by atoms with Crippen LogP contribution in [0.5, 0.6) is 0 Å². The minimum Gasteiger partial charge on any atom is -0.392 e. The Morgan fingerprint density at radius 1 is 1.30 bits per heavy atom. The first-order chi connectivity index (χ1) is 9.34. The number of nitrogens with zero attached hydrogens (tertiary/aromatic N) is 1. The van der Waals surface area contributed by atoms with Crippen LogP contribution in [0, 0.1) is 6.92 Å². The molecule has 2 aromatic rings. The molecule has 0 saturated heterocycles. The lowest BCUT2D eigenvalue weighted by atomic mass is 10.0. The number of aliphatic hydroxyl groups is 1. The van der Waals surface area contributed by atoms with Gasteiger partial charge >= 0.3 is 6.18 Å². The van der Waals surface area contributed by atoms with Gasteiger partial charge in [0.25, 0.3) is 0 Å². The Bertz CT molecular complexity index is 580. The average molecular weight is 301 g/mol. The summed E-state index contributed by atoms with van der Waals surface area (Å²) in [5.41, 5.74) is 0.671. The Balaban J connectivity index is 2.02. The van der Waals surface area contributed by atoms with Gasteiger partial charge in [0, 0.05) is 17.5 Å². The number of thiazole rings is 1. The van der Waals surface area contributed by atoms with Gasteiger partial charge in [-0.25, -0.2) is 4.98 Å². The molecule has 1 heterocycles. The van der Waals surface area contributed by atoms with Crippen molar-refractivity contribution >= 4 is 11.3 Å². The Hall–Kier alpha value is -1.40. The molecular weight excluding hydrogens is 287 g/mol. The van der Waals surface area contributed by atoms with Crippen molar-refractivity contribution in [2.75, 3.05) is 0 Å². The predicted octanol–water partition coefficient (Wildman–Crippen LogP) is 3.62. The molecule has 0 spiro atoms. The Labute approximate surface area is 118 Å². The van der Waals surface area contributed by atoms with E-state index in [2.05, 4.69) is 4.98 Å². The van der Waals surface area contributed by atoms with E-state index in [1.54, 1.807) is 6.07 Å². The van der Waals surface area contributed by atoms with Gasteiger partial charge in [-0.05, 0) is 25.0 Å². The van der Waals surface area contributed by atoms with Crippen LogP contribution in [0.2, 0.25) is 0 Å². The van der Waals surface area contributed by atoms with Gasteiger partial charge in [0.15, 0.2) is 0 Å². The summed E-state index contributed by atoms with van der Waals surface area (Å²) in [4.78, 5) is 4.23. The second-order valence-electron chi connectivity index (χ2n) is 4.64. The lowest BCUT2D eigenvalue weighted by molar-refractivity contribution is -0.137. The maximum Gasteiger partial charge on any atom is 0.416 e. The van der Waals surface area contributed by atoms with Crippen LogP contribution in [0.3, 0.4) is 0 Å². The van der Waals surface area contributed by atoms with Crippen LogP contribution in [0.4, 0.5) is 13.2 Å². The summed E-state index contributed by atoms with van der Waals surface area (Å²) in [7, 11) is 0. The van der Waals surface area contributed by atoms with Crippen molar-refractivity contribution in [3.63, 3.8) is 0 Å². The predicted molar refractivity (Wildman–Crippen MR) is 71.7 cm³/mol. The Morgan fingerprint density at radius 3 is 2.65 bits per heavy atom. The van der Waals surface area contributed by atoms with Crippen LogP contribution in [-0.2, 0) is 19.0 Å². The number of hydrogen-bond donors (Lipinski definition) is 1. The maximum absolute atomic E-state index is 12.6. The van der Waals surface area contributed by atoms with Crippen molar-refractivity contribution in [3.8, 4) is 0 Å². The number of aliphatic hydroxyl groups excluding tert-OH is 1. The highest BCUT2D eigenvalue weighted by Gasteiger charge is 2.30. The fourth-order valence-electron chi connectivity index (χ4n) is 1.92. The number of alkyl halides is 3. The quantitative estimate of drug-likeness (QED) is 0.935. The molecule has 2 rings (SSSR count). The molecule has 0 fully saturated rings. The molecule has 20 heavy (non-hydrogen) atoms. The van der Waals surface area contributed by atoms with E-state index in [0.29, 0.717) is 12.0 Å². The molecule has 1 aromatic heterocycles. The van der Waals surface area contributed by atoms with E-state index in [0.717, 1.165) is 22.8 Å². The van der Waals surface area contributed by atoms with Gasteiger partial charge in [-0.15, -0.1) is 11.3 Å². The second-order valence-corrected chi connectivity index (χ2v) is 5.59. The standard InChI is InChI=1S/C14H14F3NOS/c1-9-8-20-13(18-9)7-12(19)6-10-3-2-4-11(5-10)14(15,16)17/h2-5,8,12,19H,6-7H2,1H3. The van der Waals surface area contributed by atoms with Gasteiger partial charge in [0.2, 0.25) is 0 Å². The highest BCUT2D eigenvalue weighted by Crippen LogP contribution is 2.29. The summed E-state index contributed by atoms with van der Waals surface area (Å²) in [5.74, 6) is 0. The van der Waals surface area contributed by atoms with E-state index >= 15 is 0 Å². The molecule has 108 valence electrons. The third-order valence-electron chi connectivity index (χ3n) is 2.80. The molecule has 1 aromatic carbocycles. The number of aromatic nitrogens is 1. The summed E-state index contributed by atoms with van der Waals surface area (Å²) in [6.07, 6.45) is -4.55. The van der Waals surface area contributed by atoms with Gasteiger partial charge < -0.3 is 5.11 Å². The van der Waals surface area contributed by atoms with E-state index in [1.165, 1.54) is 17.4 Å². The van der Waals surface area contributed by atoms with Crippen molar-refractivity contribution in [2.24, 2.45) is 0 Å². The molecule has 0 aliphatic rings. The summed E-state index contributed by atoms with van der Waals surface area (Å²) < 4.78 is 37.8. The fraction of sp³-hybridized carbons (Fsp3) is 0.357. The van der Waals surface area contributed by atoms with Crippen LogP contribution in [0.15, 0.2) is 29.6 Å². The van der Waals surface area contributed by atoms with Crippen molar-refractivity contribution in [2.45, 2.75) is 32.0 Å². The number of hydrogen-bond acceptors (Lipinski definition) is 3. The number of aryl methyl sites for hydroxylation is 1. The van der Waals surface area contributed by atoms with E-state index < -0.39 is 17.8 Å². The van der Waals surface area contributed by atoms with Crippen molar-refractivity contribution in [1.82, 2.24) is 4.98 Å². The molecule has 6 heteroatoms. The van der Waals surface area contributed by atoms with Crippen molar-refractivity contribution < 1.29 is 18.3 Å². The molecule has 1 atom stereocenters. The summed E-state index contributed by atoms with van der Waals surface area (Å²) >= 11 is 1.44. The summed E-state index contributed by atoms with van der Waals surface area (Å²) in [6, 6.07) is 5.06. The summed E-state index contributed by atoms with van der Waals surface area (Å²) in [6.45, 7) is 1.86.